The Morgan fingerprint density at radius 3 is 2.24 bits per heavy atom. The summed E-state index contributed by atoms with van der Waals surface area (Å²) < 4.78 is 14.4. The highest BCUT2D eigenvalue weighted by molar-refractivity contribution is 6.29. The predicted molar refractivity (Wildman–Crippen MR) is 138 cm³/mol. The molecule has 162 valence electrons. The molecule has 3 heterocycles. The van der Waals surface area contributed by atoms with Crippen LogP contribution in [-0.2, 0) is 5.41 Å². The predicted octanol–water partition coefficient (Wildman–Crippen LogP) is 8.35. The Kier molecular flexibility index (Phi) is 3.41. The molecule has 0 atom stereocenters. The quantitative estimate of drug-likeness (QED) is 0.261. The summed E-state index contributed by atoms with van der Waals surface area (Å²) >= 11 is 0. The van der Waals surface area contributed by atoms with E-state index in [4.69, 9.17) is 9.15 Å². The van der Waals surface area contributed by atoms with Crippen molar-refractivity contribution in [2.24, 2.45) is 0 Å². The highest BCUT2D eigenvalue weighted by atomic mass is 16.5. The summed E-state index contributed by atoms with van der Waals surface area (Å²) in [7, 11) is 1.69. The van der Waals surface area contributed by atoms with E-state index in [0.717, 1.165) is 27.8 Å². The summed E-state index contributed by atoms with van der Waals surface area (Å²) in [5, 5.41) is 7.42. The molecule has 33 heavy (non-hydrogen) atoms. The van der Waals surface area contributed by atoms with Crippen LogP contribution in [0.5, 0.6) is 5.75 Å². The first-order chi connectivity index (χ1) is 15.8. The third kappa shape index (κ3) is 2.34. The summed E-state index contributed by atoms with van der Waals surface area (Å²) in [4.78, 5) is 0. The van der Waals surface area contributed by atoms with Crippen molar-refractivity contribution < 1.29 is 9.15 Å². The van der Waals surface area contributed by atoms with Crippen molar-refractivity contribution in [1.29, 1.82) is 0 Å². The van der Waals surface area contributed by atoms with E-state index in [1.165, 1.54) is 49.1 Å². The van der Waals surface area contributed by atoms with Crippen LogP contribution in [0.1, 0.15) is 31.9 Å². The average molecular weight is 432 g/mol. The average Bonchev–Trinajstić information content (AvgIpc) is 3.42. The first-order valence-electron chi connectivity index (χ1n) is 11.5. The molecule has 0 aliphatic rings. The van der Waals surface area contributed by atoms with Gasteiger partial charge < -0.3 is 13.6 Å². The number of rotatable bonds is 1. The molecule has 3 nitrogen and oxygen atoms in total. The summed E-state index contributed by atoms with van der Waals surface area (Å²) in [6, 6.07) is 22.2. The van der Waals surface area contributed by atoms with Crippen molar-refractivity contribution in [2.45, 2.75) is 33.1 Å². The smallest absolute Gasteiger partial charge is 0.161 e. The van der Waals surface area contributed by atoms with Gasteiger partial charge in [0.1, 0.15) is 16.8 Å². The van der Waals surface area contributed by atoms with Gasteiger partial charge in [0, 0.05) is 33.0 Å². The second-order valence-corrected chi connectivity index (χ2v) is 10.3. The molecule has 0 amide bonds. The molecule has 0 saturated carbocycles. The monoisotopic (exact) mass is 431 g/mol. The number of hydrogen-bond donors (Lipinski definition) is 0. The maximum atomic E-state index is 6.53. The zero-order valence-corrected chi connectivity index (χ0v) is 19.5. The molecule has 0 radical (unpaired) electrons. The fourth-order valence-electron chi connectivity index (χ4n) is 5.51. The van der Waals surface area contributed by atoms with Gasteiger partial charge in [-0.2, -0.15) is 0 Å². The summed E-state index contributed by atoms with van der Waals surface area (Å²) in [6.07, 6.45) is 0. The number of fused-ring (bicyclic) bond motifs is 10. The van der Waals surface area contributed by atoms with Gasteiger partial charge in [0.25, 0.3) is 0 Å². The minimum absolute atomic E-state index is 0.0328. The second-order valence-electron chi connectivity index (χ2n) is 10.3. The van der Waals surface area contributed by atoms with E-state index in [9.17, 15) is 0 Å². The van der Waals surface area contributed by atoms with E-state index in [0.29, 0.717) is 0 Å². The number of furan rings is 1. The van der Waals surface area contributed by atoms with E-state index in [1.807, 2.05) is 12.1 Å². The van der Waals surface area contributed by atoms with Crippen LogP contribution in [0.4, 0.5) is 0 Å². The third-order valence-electron chi connectivity index (χ3n) is 7.20. The van der Waals surface area contributed by atoms with Crippen LogP contribution in [0.3, 0.4) is 0 Å². The number of ether oxygens (including phenoxy) is 1. The number of hydrogen-bond acceptors (Lipinski definition) is 2. The van der Waals surface area contributed by atoms with Crippen LogP contribution in [0, 0.1) is 6.92 Å². The number of aryl methyl sites for hydroxylation is 1. The van der Waals surface area contributed by atoms with Gasteiger partial charge in [-0.15, -0.1) is 0 Å². The van der Waals surface area contributed by atoms with Gasteiger partial charge in [0.15, 0.2) is 5.58 Å². The lowest BCUT2D eigenvalue weighted by molar-refractivity contribution is 0.414. The fourth-order valence-corrected chi connectivity index (χ4v) is 5.51. The van der Waals surface area contributed by atoms with E-state index in [1.54, 1.807) is 7.11 Å². The largest absolute Gasteiger partial charge is 0.497 e. The zero-order chi connectivity index (χ0) is 22.6. The van der Waals surface area contributed by atoms with Gasteiger partial charge in [0.05, 0.1) is 18.1 Å². The molecule has 0 unspecified atom stereocenters. The molecule has 0 aliphatic heterocycles. The molecule has 3 heteroatoms. The molecular weight excluding hydrogens is 406 g/mol. The Morgan fingerprint density at radius 1 is 0.727 bits per heavy atom. The molecule has 3 aromatic heterocycles. The standard InChI is InChI=1S/C30H25NO2/c1-16-6-9-20-17(12-16)7-10-21-23-13-18(30(2,3)4)14-24-27(23)31(26(20)21)28-22-11-8-19(32-5)15-25(22)33-29(24)28/h6-15H,1-5H3. The molecule has 0 spiro atoms. The maximum Gasteiger partial charge on any atom is 0.161 e. The Balaban J connectivity index is 1.82. The summed E-state index contributed by atoms with van der Waals surface area (Å²) in [5.41, 5.74) is 8.08. The Labute approximate surface area is 191 Å². The maximum absolute atomic E-state index is 6.53. The number of nitrogens with zero attached hydrogens (tertiary/aromatic N) is 1. The van der Waals surface area contributed by atoms with E-state index < -0.39 is 0 Å². The molecule has 0 bridgehead atoms. The second kappa shape index (κ2) is 5.99. The van der Waals surface area contributed by atoms with Crippen molar-refractivity contribution in [3.63, 3.8) is 0 Å². The van der Waals surface area contributed by atoms with E-state index in [-0.39, 0.29) is 5.41 Å². The highest BCUT2D eigenvalue weighted by Crippen LogP contribution is 2.46. The molecule has 0 fully saturated rings. The molecule has 7 aromatic rings. The number of benzene rings is 4. The molecule has 7 rings (SSSR count). The Bertz CT molecular complexity index is 1890. The van der Waals surface area contributed by atoms with Crippen molar-refractivity contribution in [2.75, 3.05) is 7.11 Å². The van der Waals surface area contributed by atoms with Gasteiger partial charge in [-0.05, 0) is 47.6 Å². The van der Waals surface area contributed by atoms with Crippen molar-refractivity contribution in [3.8, 4) is 5.75 Å². The third-order valence-corrected chi connectivity index (χ3v) is 7.20. The van der Waals surface area contributed by atoms with Gasteiger partial charge in [0.2, 0.25) is 0 Å². The van der Waals surface area contributed by atoms with Crippen molar-refractivity contribution >= 4 is 60.0 Å². The van der Waals surface area contributed by atoms with Gasteiger partial charge in [-0.1, -0.05) is 56.7 Å². The van der Waals surface area contributed by atoms with Crippen LogP contribution < -0.4 is 4.74 Å². The lowest BCUT2D eigenvalue weighted by atomic mass is 9.85. The Morgan fingerprint density at radius 2 is 1.45 bits per heavy atom. The van der Waals surface area contributed by atoms with Crippen LogP contribution in [0.2, 0.25) is 0 Å². The molecule has 4 aromatic carbocycles. The molecule has 0 N–H and O–H groups in total. The first kappa shape index (κ1) is 18.8. The van der Waals surface area contributed by atoms with Gasteiger partial charge in [-0.25, -0.2) is 0 Å². The number of aromatic nitrogens is 1. The normalized spacial score (nSPS) is 13.0. The highest BCUT2D eigenvalue weighted by Gasteiger charge is 2.26. The lowest BCUT2D eigenvalue weighted by Gasteiger charge is -2.19. The fraction of sp³-hybridized carbons (Fsp3) is 0.200. The van der Waals surface area contributed by atoms with Crippen LogP contribution in [-0.4, -0.2) is 11.5 Å². The van der Waals surface area contributed by atoms with Crippen LogP contribution >= 0.6 is 0 Å². The minimum atomic E-state index is 0.0328. The molecule has 0 saturated heterocycles. The van der Waals surface area contributed by atoms with E-state index in [2.05, 4.69) is 80.6 Å². The van der Waals surface area contributed by atoms with Crippen molar-refractivity contribution in [3.05, 3.63) is 71.8 Å². The minimum Gasteiger partial charge on any atom is -0.497 e. The SMILES string of the molecule is COc1ccc2c(c1)oc1c3cc(C(C)(C)C)cc4c5ccc6cc(C)ccc6c5n(c43)c21. The summed E-state index contributed by atoms with van der Waals surface area (Å²) in [5.74, 6) is 0.807. The molecule has 0 aliphatic carbocycles. The lowest BCUT2D eigenvalue weighted by Crippen LogP contribution is -2.10. The van der Waals surface area contributed by atoms with Crippen molar-refractivity contribution in [1.82, 2.24) is 4.40 Å². The zero-order valence-electron chi connectivity index (χ0n) is 19.5. The summed E-state index contributed by atoms with van der Waals surface area (Å²) in [6.45, 7) is 8.98. The topological polar surface area (TPSA) is 26.8 Å². The van der Waals surface area contributed by atoms with Gasteiger partial charge >= 0.3 is 0 Å². The molecular formula is C30H25NO2. The van der Waals surface area contributed by atoms with E-state index >= 15 is 0 Å². The van der Waals surface area contributed by atoms with Crippen LogP contribution in [0.25, 0.3) is 60.0 Å². The Hall–Kier alpha value is -3.72. The number of methoxy groups -OCH3 is 1. The first-order valence-corrected chi connectivity index (χ1v) is 11.5. The van der Waals surface area contributed by atoms with Crippen LogP contribution in [0.15, 0.2) is 65.1 Å². The van der Waals surface area contributed by atoms with Gasteiger partial charge in [-0.3, -0.25) is 0 Å².